The third-order valence-electron chi connectivity index (χ3n) is 5.01. The van der Waals surface area contributed by atoms with Crippen molar-refractivity contribution in [2.24, 2.45) is 11.8 Å². The first-order valence-corrected chi connectivity index (χ1v) is 9.11. The zero-order chi connectivity index (χ0) is 16.4. The lowest BCUT2D eigenvalue weighted by atomic mass is 9.80. The molecule has 1 aliphatic carbocycles. The minimum atomic E-state index is -4.18. The molecular weight excluding hydrogens is 325 g/mol. The van der Waals surface area contributed by atoms with Crippen molar-refractivity contribution in [3.05, 3.63) is 16.6 Å². The number of halogens is 3. The van der Waals surface area contributed by atoms with Crippen LogP contribution in [0.3, 0.4) is 0 Å². The van der Waals surface area contributed by atoms with Crippen LogP contribution in [0.5, 0.6) is 0 Å². The number of carbonyl (C=O) groups is 1. The predicted octanol–water partition coefficient (Wildman–Crippen LogP) is 4.57. The highest BCUT2D eigenvalue weighted by molar-refractivity contribution is 7.09. The number of piperidine rings is 1. The molecule has 1 aromatic heterocycles. The van der Waals surface area contributed by atoms with Crippen LogP contribution in [0.1, 0.15) is 56.0 Å². The zero-order valence-electron chi connectivity index (χ0n) is 12.9. The van der Waals surface area contributed by atoms with Gasteiger partial charge in [-0.3, -0.25) is 4.79 Å². The highest BCUT2D eigenvalue weighted by Gasteiger charge is 2.45. The van der Waals surface area contributed by atoms with Crippen LogP contribution in [-0.4, -0.2) is 28.5 Å². The summed E-state index contributed by atoms with van der Waals surface area (Å²) in [4.78, 5) is 19.0. The molecule has 0 bridgehead atoms. The van der Waals surface area contributed by atoms with Gasteiger partial charge in [0.05, 0.1) is 12.0 Å². The molecule has 23 heavy (non-hydrogen) atoms. The minimum absolute atomic E-state index is 0.0522. The van der Waals surface area contributed by atoms with E-state index >= 15 is 0 Å². The summed E-state index contributed by atoms with van der Waals surface area (Å²) in [5.41, 5.74) is 0. The van der Waals surface area contributed by atoms with E-state index in [0.29, 0.717) is 19.4 Å². The molecule has 1 aliphatic heterocycles. The Bertz CT molecular complexity index is 532. The molecule has 0 radical (unpaired) electrons. The number of hydrogen-bond acceptors (Lipinski definition) is 3. The van der Waals surface area contributed by atoms with Crippen molar-refractivity contribution < 1.29 is 18.0 Å². The summed E-state index contributed by atoms with van der Waals surface area (Å²) in [5.74, 6) is -1.91. The minimum Gasteiger partial charge on any atom is -0.333 e. The maximum atomic E-state index is 13.0. The van der Waals surface area contributed by atoms with Gasteiger partial charge in [-0.05, 0) is 38.5 Å². The van der Waals surface area contributed by atoms with Crippen LogP contribution < -0.4 is 0 Å². The van der Waals surface area contributed by atoms with Crippen LogP contribution in [0.25, 0.3) is 0 Å². The van der Waals surface area contributed by atoms with Crippen LogP contribution in [0, 0.1) is 11.8 Å². The average molecular weight is 346 g/mol. The molecule has 2 fully saturated rings. The molecule has 0 unspecified atom stereocenters. The summed E-state index contributed by atoms with van der Waals surface area (Å²) in [6.07, 6.45) is 1.50. The SMILES string of the molecule is O=C([C@@H]1CCC[C@@H](C(F)(F)F)C1)N1CCCC[C@H]1c1nccs1. The lowest BCUT2D eigenvalue weighted by molar-refractivity contribution is -0.187. The number of thiazole rings is 1. The molecule has 0 spiro atoms. The molecule has 3 atom stereocenters. The lowest BCUT2D eigenvalue weighted by Gasteiger charge is -2.39. The van der Waals surface area contributed by atoms with Gasteiger partial charge in [0.25, 0.3) is 0 Å². The molecule has 7 heteroatoms. The fourth-order valence-corrected chi connectivity index (χ4v) is 4.58. The van der Waals surface area contributed by atoms with E-state index in [2.05, 4.69) is 4.98 Å². The lowest BCUT2D eigenvalue weighted by Crippen LogP contribution is -2.44. The first-order chi connectivity index (χ1) is 11.0. The molecule has 3 rings (SSSR count). The molecule has 2 heterocycles. The number of amides is 1. The van der Waals surface area contributed by atoms with Crippen molar-refractivity contribution in [1.29, 1.82) is 0 Å². The van der Waals surface area contributed by atoms with Gasteiger partial charge in [0.1, 0.15) is 5.01 Å². The van der Waals surface area contributed by atoms with Crippen molar-refractivity contribution in [2.45, 2.75) is 57.2 Å². The van der Waals surface area contributed by atoms with E-state index < -0.39 is 18.0 Å². The second-order valence-electron chi connectivity index (χ2n) is 6.52. The largest absolute Gasteiger partial charge is 0.391 e. The van der Waals surface area contributed by atoms with Crippen LogP contribution in [0.15, 0.2) is 11.6 Å². The number of rotatable bonds is 2. The summed E-state index contributed by atoms with van der Waals surface area (Å²) < 4.78 is 39.0. The molecule has 1 saturated carbocycles. The number of likely N-dealkylation sites (tertiary alicyclic amines) is 1. The molecular formula is C16H21F3N2OS. The van der Waals surface area contributed by atoms with E-state index in [1.54, 1.807) is 11.1 Å². The summed E-state index contributed by atoms with van der Waals surface area (Å²) in [6, 6.07) is -0.0532. The summed E-state index contributed by atoms with van der Waals surface area (Å²) in [6.45, 7) is 0.635. The average Bonchev–Trinajstić information content (AvgIpc) is 3.08. The van der Waals surface area contributed by atoms with Crippen molar-refractivity contribution in [2.75, 3.05) is 6.54 Å². The Labute approximate surface area is 137 Å². The van der Waals surface area contributed by atoms with E-state index in [1.165, 1.54) is 11.3 Å². The van der Waals surface area contributed by atoms with E-state index in [-0.39, 0.29) is 24.8 Å². The van der Waals surface area contributed by atoms with Gasteiger partial charge in [-0.2, -0.15) is 13.2 Å². The van der Waals surface area contributed by atoms with Crippen LogP contribution >= 0.6 is 11.3 Å². The van der Waals surface area contributed by atoms with Gasteiger partial charge in [0.15, 0.2) is 0 Å². The number of hydrogen-bond donors (Lipinski definition) is 0. The normalized spacial score (nSPS) is 29.5. The maximum absolute atomic E-state index is 13.0. The first kappa shape index (κ1) is 16.7. The van der Waals surface area contributed by atoms with Gasteiger partial charge in [-0.1, -0.05) is 6.42 Å². The number of nitrogens with zero attached hydrogens (tertiary/aromatic N) is 2. The van der Waals surface area contributed by atoms with Gasteiger partial charge in [-0.25, -0.2) is 4.98 Å². The summed E-state index contributed by atoms with van der Waals surface area (Å²) >= 11 is 1.52. The molecule has 128 valence electrons. The predicted molar refractivity (Wildman–Crippen MR) is 81.9 cm³/mol. The molecule has 3 nitrogen and oxygen atoms in total. The first-order valence-electron chi connectivity index (χ1n) is 8.23. The topological polar surface area (TPSA) is 33.2 Å². The van der Waals surface area contributed by atoms with Gasteiger partial charge >= 0.3 is 6.18 Å². The Morgan fingerprint density at radius 3 is 2.74 bits per heavy atom. The third-order valence-corrected chi connectivity index (χ3v) is 5.89. The molecule has 1 amide bonds. The Hall–Kier alpha value is -1.11. The molecule has 1 saturated heterocycles. The quantitative estimate of drug-likeness (QED) is 0.786. The van der Waals surface area contributed by atoms with Gasteiger partial charge in [0.2, 0.25) is 5.91 Å². The van der Waals surface area contributed by atoms with E-state index in [9.17, 15) is 18.0 Å². The Morgan fingerprint density at radius 2 is 2.04 bits per heavy atom. The Kier molecular flexibility index (Phi) is 4.94. The summed E-state index contributed by atoms with van der Waals surface area (Å²) in [7, 11) is 0. The van der Waals surface area contributed by atoms with Crippen molar-refractivity contribution >= 4 is 17.2 Å². The number of alkyl halides is 3. The van der Waals surface area contributed by atoms with Crippen LogP contribution in [0.2, 0.25) is 0 Å². The number of carbonyl (C=O) groups excluding carboxylic acids is 1. The highest BCUT2D eigenvalue weighted by Crippen LogP contribution is 2.42. The summed E-state index contributed by atoms with van der Waals surface area (Å²) in [5, 5.41) is 2.79. The highest BCUT2D eigenvalue weighted by atomic mass is 32.1. The fraction of sp³-hybridized carbons (Fsp3) is 0.750. The Balaban J connectivity index is 1.72. The van der Waals surface area contributed by atoms with Crippen molar-refractivity contribution in [1.82, 2.24) is 9.88 Å². The molecule has 0 aromatic carbocycles. The van der Waals surface area contributed by atoms with Crippen LogP contribution in [0.4, 0.5) is 13.2 Å². The van der Waals surface area contributed by atoms with Gasteiger partial charge in [-0.15, -0.1) is 11.3 Å². The zero-order valence-corrected chi connectivity index (χ0v) is 13.7. The molecule has 0 N–H and O–H groups in total. The maximum Gasteiger partial charge on any atom is 0.391 e. The van der Waals surface area contributed by atoms with Gasteiger partial charge < -0.3 is 4.90 Å². The van der Waals surface area contributed by atoms with Crippen LogP contribution in [-0.2, 0) is 4.79 Å². The Morgan fingerprint density at radius 1 is 1.22 bits per heavy atom. The molecule has 1 aromatic rings. The van der Waals surface area contributed by atoms with E-state index in [4.69, 9.17) is 0 Å². The van der Waals surface area contributed by atoms with Crippen molar-refractivity contribution in [3.63, 3.8) is 0 Å². The fourth-order valence-electron chi connectivity index (χ4n) is 3.80. The monoisotopic (exact) mass is 346 g/mol. The van der Waals surface area contributed by atoms with E-state index in [0.717, 1.165) is 24.3 Å². The standard InChI is InChI=1S/C16H21F3N2OS/c17-16(18,19)12-5-3-4-11(10-12)15(22)21-8-2-1-6-13(21)14-20-7-9-23-14/h7,9,11-13H,1-6,8,10H2/t11-,12-,13+/m1/s1. The third kappa shape index (κ3) is 3.70. The van der Waals surface area contributed by atoms with Crippen molar-refractivity contribution in [3.8, 4) is 0 Å². The smallest absolute Gasteiger partial charge is 0.333 e. The second kappa shape index (κ2) is 6.79. The second-order valence-corrected chi connectivity index (χ2v) is 7.44. The number of aromatic nitrogens is 1. The van der Waals surface area contributed by atoms with Gasteiger partial charge in [0, 0.05) is 24.0 Å². The molecule has 2 aliphatic rings. The van der Waals surface area contributed by atoms with E-state index in [1.807, 2.05) is 5.38 Å².